The molecule has 1 atom stereocenters. The lowest BCUT2D eigenvalue weighted by Crippen LogP contribution is -2.44. The van der Waals surface area contributed by atoms with Crippen molar-refractivity contribution in [1.82, 2.24) is 10.2 Å². The van der Waals surface area contributed by atoms with Crippen LogP contribution in [0.1, 0.15) is 47.6 Å². The average Bonchev–Trinajstić information content (AvgIpc) is 3.30. The molecular formula is C20H28N2O4. The molecule has 0 bridgehead atoms. The van der Waals surface area contributed by atoms with Crippen molar-refractivity contribution in [2.45, 2.75) is 39.5 Å². The highest BCUT2D eigenvalue weighted by Crippen LogP contribution is 2.45. The van der Waals surface area contributed by atoms with Crippen LogP contribution in [0.2, 0.25) is 0 Å². The Morgan fingerprint density at radius 1 is 1.27 bits per heavy atom. The Balaban J connectivity index is 1.53. The fourth-order valence-corrected chi connectivity index (χ4v) is 4.47. The summed E-state index contributed by atoms with van der Waals surface area (Å²) in [7, 11) is 0. The van der Waals surface area contributed by atoms with Crippen LogP contribution in [-0.4, -0.2) is 49.6 Å². The zero-order valence-corrected chi connectivity index (χ0v) is 15.7. The fraction of sp³-hybridized carbons (Fsp3) is 0.700. The van der Waals surface area contributed by atoms with E-state index in [4.69, 9.17) is 9.15 Å². The molecule has 2 saturated heterocycles. The average molecular weight is 360 g/mol. The van der Waals surface area contributed by atoms with E-state index >= 15 is 0 Å². The molecule has 1 N–H and O–H groups in total. The van der Waals surface area contributed by atoms with E-state index in [0.29, 0.717) is 43.5 Å². The Bertz CT molecular complexity index is 701. The highest BCUT2D eigenvalue weighted by Gasteiger charge is 2.52. The zero-order valence-electron chi connectivity index (χ0n) is 15.7. The molecule has 1 aromatic heterocycles. The van der Waals surface area contributed by atoms with E-state index in [-0.39, 0.29) is 23.1 Å². The van der Waals surface area contributed by atoms with Gasteiger partial charge in [0.25, 0.3) is 5.91 Å². The minimum atomic E-state index is -0.159. The summed E-state index contributed by atoms with van der Waals surface area (Å²) in [5, 5.41) is 3.14. The van der Waals surface area contributed by atoms with Crippen molar-refractivity contribution < 1.29 is 18.7 Å². The molecule has 0 unspecified atom stereocenters. The second-order valence-electron chi connectivity index (χ2n) is 8.23. The van der Waals surface area contributed by atoms with Gasteiger partial charge >= 0.3 is 0 Å². The van der Waals surface area contributed by atoms with Crippen LogP contribution >= 0.6 is 0 Å². The topological polar surface area (TPSA) is 71.8 Å². The predicted molar refractivity (Wildman–Crippen MR) is 95.8 cm³/mol. The maximum absolute atomic E-state index is 13.1. The molecule has 3 fully saturated rings. The summed E-state index contributed by atoms with van der Waals surface area (Å²) in [6.07, 6.45) is 4.10. The monoisotopic (exact) mass is 360 g/mol. The van der Waals surface area contributed by atoms with Gasteiger partial charge in [0.15, 0.2) is 0 Å². The van der Waals surface area contributed by atoms with Crippen LogP contribution in [-0.2, 0) is 9.53 Å². The SMILES string of the molecule is Cc1cc(C(=O)N2C[C@@H](C(=O)NCC3CC3)C3(CCOCC3)C2)c(C)o1. The molecule has 3 aliphatic rings. The lowest BCUT2D eigenvalue weighted by atomic mass is 9.71. The number of carbonyl (C=O) groups is 2. The molecule has 142 valence electrons. The van der Waals surface area contributed by atoms with Crippen molar-refractivity contribution in [2.75, 3.05) is 32.8 Å². The summed E-state index contributed by atoms with van der Waals surface area (Å²) in [6, 6.07) is 1.80. The molecule has 0 radical (unpaired) electrons. The van der Waals surface area contributed by atoms with Crippen molar-refractivity contribution in [3.8, 4) is 0 Å². The van der Waals surface area contributed by atoms with Gasteiger partial charge in [0.05, 0.1) is 11.5 Å². The quantitative estimate of drug-likeness (QED) is 0.894. The first-order chi connectivity index (χ1) is 12.5. The first kappa shape index (κ1) is 17.6. The number of nitrogens with zero attached hydrogens (tertiary/aromatic N) is 1. The van der Waals surface area contributed by atoms with Crippen LogP contribution in [0.3, 0.4) is 0 Å². The van der Waals surface area contributed by atoms with Gasteiger partial charge in [-0.3, -0.25) is 9.59 Å². The highest BCUT2D eigenvalue weighted by atomic mass is 16.5. The Morgan fingerprint density at radius 3 is 2.62 bits per heavy atom. The van der Waals surface area contributed by atoms with Crippen LogP contribution in [0, 0.1) is 31.1 Å². The van der Waals surface area contributed by atoms with Crippen LogP contribution in [0.25, 0.3) is 0 Å². The lowest BCUT2D eigenvalue weighted by molar-refractivity contribution is -0.129. The summed E-state index contributed by atoms with van der Waals surface area (Å²) in [5.41, 5.74) is 0.456. The van der Waals surface area contributed by atoms with Gasteiger partial charge in [0.1, 0.15) is 11.5 Å². The van der Waals surface area contributed by atoms with E-state index in [1.165, 1.54) is 12.8 Å². The van der Waals surface area contributed by atoms with Crippen molar-refractivity contribution >= 4 is 11.8 Å². The van der Waals surface area contributed by atoms with Gasteiger partial charge in [0, 0.05) is 38.3 Å². The van der Waals surface area contributed by atoms with Gasteiger partial charge in [-0.05, 0) is 51.5 Å². The number of aryl methyl sites for hydroxylation is 2. The second kappa shape index (κ2) is 6.72. The molecule has 1 aromatic rings. The lowest BCUT2D eigenvalue weighted by Gasteiger charge is -2.37. The van der Waals surface area contributed by atoms with Crippen molar-refractivity contribution in [3.63, 3.8) is 0 Å². The molecule has 6 nitrogen and oxygen atoms in total. The van der Waals surface area contributed by atoms with Crippen LogP contribution in [0.5, 0.6) is 0 Å². The van der Waals surface area contributed by atoms with Gasteiger partial charge < -0.3 is 19.4 Å². The largest absolute Gasteiger partial charge is 0.466 e. The minimum Gasteiger partial charge on any atom is -0.466 e. The number of hydrogen-bond acceptors (Lipinski definition) is 4. The van der Waals surface area contributed by atoms with E-state index in [2.05, 4.69) is 5.32 Å². The maximum atomic E-state index is 13.1. The predicted octanol–water partition coefficient (Wildman–Crippen LogP) is 2.29. The number of likely N-dealkylation sites (tertiary alicyclic amines) is 1. The summed E-state index contributed by atoms with van der Waals surface area (Å²) >= 11 is 0. The Kier molecular flexibility index (Phi) is 4.55. The number of carbonyl (C=O) groups excluding carboxylic acids is 2. The van der Waals surface area contributed by atoms with E-state index < -0.39 is 0 Å². The smallest absolute Gasteiger partial charge is 0.257 e. The molecule has 0 aromatic carbocycles. The first-order valence-electron chi connectivity index (χ1n) is 9.70. The number of rotatable bonds is 4. The zero-order chi connectivity index (χ0) is 18.3. The number of furan rings is 1. The number of ether oxygens (including phenoxy) is 1. The molecule has 4 rings (SSSR count). The van der Waals surface area contributed by atoms with Crippen molar-refractivity contribution in [1.29, 1.82) is 0 Å². The van der Waals surface area contributed by atoms with Gasteiger partial charge in [-0.25, -0.2) is 0 Å². The molecule has 1 aliphatic carbocycles. The Labute approximate surface area is 154 Å². The molecule has 1 saturated carbocycles. The summed E-state index contributed by atoms with van der Waals surface area (Å²) in [6.45, 7) is 6.88. The third-order valence-corrected chi connectivity index (χ3v) is 6.27. The van der Waals surface area contributed by atoms with Crippen LogP contribution < -0.4 is 5.32 Å². The standard InChI is InChI=1S/C20H28N2O4/c1-13-9-16(14(2)26-13)19(24)22-11-17(18(23)21-10-15-3-4-15)20(12-22)5-7-25-8-6-20/h9,15,17H,3-8,10-12H2,1-2H3,(H,21,23)/t17-/m0/s1. The Hall–Kier alpha value is -1.82. The number of amides is 2. The van der Waals surface area contributed by atoms with Crippen molar-refractivity contribution in [2.24, 2.45) is 17.3 Å². The van der Waals surface area contributed by atoms with E-state index in [1.54, 1.807) is 6.07 Å². The summed E-state index contributed by atoms with van der Waals surface area (Å²) in [5.74, 6) is 1.97. The van der Waals surface area contributed by atoms with Gasteiger partial charge in [-0.15, -0.1) is 0 Å². The maximum Gasteiger partial charge on any atom is 0.257 e. The van der Waals surface area contributed by atoms with Gasteiger partial charge in [-0.1, -0.05) is 0 Å². The van der Waals surface area contributed by atoms with Gasteiger partial charge in [0.2, 0.25) is 5.91 Å². The van der Waals surface area contributed by atoms with Crippen LogP contribution in [0.4, 0.5) is 0 Å². The van der Waals surface area contributed by atoms with E-state index in [1.807, 2.05) is 18.7 Å². The molecule has 6 heteroatoms. The first-order valence-corrected chi connectivity index (χ1v) is 9.70. The van der Waals surface area contributed by atoms with Crippen LogP contribution in [0.15, 0.2) is 10.5 Å². The normalized spacial score (nSPS) is 24.8. The highest BCUT2D eigenvalue weighted by molar-refractivity contribution is 5.96. The molecule has 3 heterocycles. The van der Waals surface area contributed by atoms with Crippen molar-refractivity contribution in [3.05, 3.63) is 23.2 Å². The number of nitrogens with one attached hydrogen (secondary N) is 1. The molecule has 26 heavy (non-hydrogen) atoms. The minimum absolute atomic E-state index is 0.0253. The third-order valence-electron chi connectivity index (χ3n) is 6.27. The van der Waals surface area contributed by atoms with E-state index in [9.17, 15) is 9.59 Å². The second-order valence-corrected chi connectivity index (χ2v) is 8.23. The molecule has 1 spiro atoms. The number of hydrogen-bond donors (Lipinski definition) is 1. The third kappa shape index (κ3) is 3.27. The van der Waals surface area contributed by atoms with E-state index in [0.717, 1.165) is 25.1 Å². The summed E-state index contributed by atoms with van der Waals surface area (Å²) < 4.78 is 11.1. The molecule has 2 amide bonds. The Morgan fingerprint density at radius 2 is 2.00 bits per heavy atom. The summed E-state index contributed by atoms with van der Waals surface area (Å²) in [4.78, 5) is 27.8. The van der Waals surface area contributed by atoms with Gasteiger partial charge in [-0.2, -0.15) is 0 Å². The molecular weight excluding hydrogens is 332 g/mol. The fourth-order valence-electron chi connectivity index (χ4n) is 4.47. The molecule has 2 aliphatic heterocycles.